The first-order valence-electron chi connectivity index (χ1n) is 6.62. The van der Waals surface area contributed by atoms with Crippen LogP contribution in [0.1, 0.15) is 12.8 Å². The molecule has 1 heterocycles. The molecule has 1 aliphatic heterocycles. The number of ether oxygens (including phenoxy) is 3. The normalized spacial score (nSPS) is 15.7. The Hall–Kier alpha value is -1.95. The molecule has 1 aromatic carbocycles. The highest BCUT2D eigenvalue weighted by atomic mass is 16.5. The molecule has 6 heteroatoms. The molecule has 1 amide bonds. The lowest BCUT2D eigenvalue weighted by Crippen LogP contribution is -2.41. The second-order valence-electron chi connectivity index (χ2n) is 4.65. The van der Waals surface area contributed by atoms with Gasteiger partial charge >= 0.3 is 0 Å². The van der Waals surface area contributed by atoms with Gasteiger partial charge in [-0.1, -0.05) is 0 Å². The zero-order valence-electron chi connectivity index (χ0n) is 11.6. The maximum Gasteiger partial charge on any atom is 0.258 e. The predicted octanol–water partition coefficient (Wildman–Crippen LogP) is 0.951. The molecule has 0 radical (unpaired) electrons. The van der Waals surface area contributed by atoms with E-state index in [1.165, 1.54) is 0 Å². The van der Waals surface area contributed by atoms with Gasteiger partial charge in [0.1, 0.15) is 0 Å². The van der Waals surface area contributed by atoms with E-state index in [1.54, 1.807) is 25.3 Å². The number of hydrogen-bond donors (Lipinski definition) is 2. The van der Waals surface area contributed by atoms with E-state index in [0.717, 1.165) is 12.8 Å². The third-order valence-electron chi connectivity index (χ3n) is 3.13. The molecular weight excluding hydrogens is 260 g/mol. The first kappa shape index (κ1) is 14.5. The van der Waals surface area contributed by atoms with E-state index in [4.69, 9.17) is 19.9 Å². The number of nitrogen functional groups attached to an aromatic ring is 1. The lowest BCUT2D eigenvalue weighted by molar-refractivity contribution is -0.124. The molecule has 0 unspecified atom stereocenters. The highest BCUT2D eigenvalue weighted by Gasteiger charge is 2.16. The minimum Gasteiger partial charge on any atom is -0.493 e. The number of benzene rings is 1. The van der Waals surface area contributed by atoms with Gasteiger partial charge in [0.15, 0.2) is 18.1 Å². The van der Waals surface area contributed by atoms with Gasteiger partial charge in [0.25, 0.3) is 5.91 Å². The van der Waals surface area contributed by atoms with Crippen molar-refractivity contribution in [3.8, 4) is 11.5 Å². The Morgan fingerprint density at radius 3 is 2.85 bits per heavy atom. The molecule has 0 aliphatic carbocycles. The van der Waals surface area contributed by atoms with Crippen LogP contribution in [-0.2, 0) is 9.53 Å². The maximum absolute atomic E-state index is 11.8. The van der Waals surface area contributed by atoms with E-state index < -0.39 is 0 Å². The van der Waals surface area contributed by atoms with Crippen LogP contribution in [0.5, 0.6) is 11.5 Å². The topological polar surface area (TPSA) is 82.8 Å². The molecule has 1 fully saturated rings. The minimum atomic E-state index is -0.152. The molecule has 110 valence electrons. The number of methoxy groups -OCH3 is 1. The number of carbonyl (C=O) groups is 1. The Kier molecular flexibility index (Phi) is 5.06. The smallest absolute Gasteiger partial charge is 0.258 e. The highest BCUT2D eigenvalue weighted by molar-refractivity contribution is 5.78. The van der Waals surface area contributed by atoms with Crippen molar-refractivity contribution in [2.75, 3.05) is 32.7 Å². The number of amides is 1. The van der Waals surface area contributed by atoms with Crippen LogP contribution in [0.4, 0.5) is 5.69 Å². The van der Waals surface area contributed by atoms with Crippen molar-refractivity contribution in [2.45, 2.75) is 18.9 Å². The largest absolute Gasteiger partial charge is 0.493 e. The van der Waals surface area contributed by atoms with E-state index in [-0.39, 0.29) is 18.6 Å². The summed E-state index contributed by atoms with van der Waals surface area (Å²) in [6.07, 6.45) is 1.68. The molecule has 3 N–H and O–H groups in total. The molecular formula is C14H20N2O4. The van der Waals surface area contributed by atoms with Gasteiger partial charge in [-0.2, -0.15) is 0 Å². The summed E-state index contributed by atoms with van der Waals surface area (Å²) in [5.74, 6) is 0.870. The van der Waals surface area contributed by atoms with Gasteiger partial charge < -0.3 is 25.3 Å². The molecule has 0 bridgehead atoms. The fourth-order valence-electron chi connectivity index (χ4n) is 2.06. The molecule has 1 aliphatic rings. The number of rotatable bonds is 5. The van der Waals surface area contributed by atoms with Gasteiger partial charge in [-0.3, -0.25) is 4.79 Å². The Bertz CT molecular complexity index is 458. The van der Waals surface area contributed by atoms with Gasteiger partial charge in [-0.05, 0) is 25.0 Å². The molecule has 6 nitrogen and oxygen atoms in total. The summed E-state index contributed by atoms with van der Waals surface area (Å²) >= 11 is 0. The second kappa shape index (κ2) is 7.00. The van der Waals surface area contributed by atoms with E-state index in [0.29, 0.717) is 30.4 Å². The Labute approximate surface area is 118 Å². The average molecular weight is 280 g/mol. The summed E-state index contributed by atoms with van der Waals surface area (Å²) in [6.45, 7) is 1.32. The molecule has 2 rings (SSSR count). The number of nitrogens with one attached hydrogen (secondary N) is 1. The number of hydrogen-bond acceptors (Lipinski definition) is 5. The molecule has 20 heavy (non-hydrogen) atoms. The van der Waals surface area contributed by atoms with Crippen LogP contribution < -0.4 is 20.5 Å². The van der Waals surface area contributed by atoms with Crippen LogP contribution >= 0.6 is 0 Å². The molecule has 1 saturated heterocycles. The third-order valence-corrected chi connectivity index (χ3v) is 3.13. The van der Waals surface area contributed by atoms with Crippen molar-refractivity contribution in [2.24, 2.45) is 0 Å². The molecule has 0 saturated carbocycles. The van der Waals surface area contributed by atoms with Gasteiger partial charge in [0, 0.05) is 31.0 Å². The van der Waals surface area contributed by atoms with Crippen molar-refractivity contribution in [1.29, 1.82) is 0 Å². The standard InChI is InChI=1S/C14H20N2O4/c1-18-12-3-2-10(15)8-13(12)20-9-14(17)16-11-4-6-19-7-5-11/h2-3,8,11H,4-7,9,15H2,1H3,(H,16,17). The van der Waals surface area contributed by atoms with Crippen molar-refractivity contribution in [1.82, 2.24) is 5.32 Å². The average Bonchev–Trinajstić information content (AvgIpc) is 2.46. The number of carbonyl (C=O) groups excluding carboxylic acids is 1. The van der Waals surface area contributed by atoms with Crippen LogP contribution in [-0.4, -0.2) is 38.9 Å². The van der Waals surface area contributed by atoms with Crippen LogP contribution in [0.25, 0.3) is 0 Å². The van der Waals surface area contributed by atoms with Crippen LogP contribution in [0, 0.1) is 0 Å². The summed E-state index contributed by atoms with van der Waals surface area (Å²) in [6, 6.07) is 5.23. The molecule has 0 aromatic heterocycles. The quantitative estimate of drug-likeness (QED) is 0.785. The fourth-order valence-corrected chi connectivity index (χ4v) is 2.06. The number of anilines is 1. The van der Waals surface area contributed by atoms with Gasteiger partial charge in [-0.25, -0.2) is 0 Å². The Balaban J connectivity index is 1.84. The summed E-state index contributed by atoms with van der Waals surface area (Å²) < 4.78 is 15.9. The van der Waals surface area contributed by atoms with Crippen molar-refractivity contribution < 1.29 is 19.0 Å². The fraction of sp³-hybridized carbons (Fsp3) is 0.500. The Morgan fingerprint density at radius 2 is 2.15 bits per heavy atom. The Morgan fingerprint density at radius 1 is 1.40 bits per heavy atom. The van der Waals surface area contributed by atoms with Crippen LogP contribution in [0.15, 0.2) is 18.2 Å². The summed E-state index contributed by atoms with van der Waals surface area (Å²) in [5.41, 5.74) is 6.25. The van der Waals surface area contributed by atoms with Gasteiger partial charge in [0.05, 0.1) is 7.11 Å². The first-order valence-corrected chi connectivity index (χ1v) is 6.62. The van der Waals surface area contributed by atoms with Gasteiger partial charge in [0.2, 0.25) is 0 Å². The number of nitrogens with two attached hydrogens (primary N) is 1. The van der Waals surface area contributed by atoms with Crippen molar-refractivity contribution >= 4 is 11.6 Å². The van der Waals surface area contributed by atoms with Crippen molar-refractivity contribution in [3.05, 3.63) is 18.2 Å². The lowest BCUT2D eigenvalue weighted by Gasteiger charge is -2.23. The van der Waals surface area contributed by atoms with E-state index in [2.05, 4.69) is 5.32 Å². The van der Waals surface area contributed by atoms with Gasteiger partial charge in [-0.15, -0.1) is 0 Å². The predicted molar refractivity (Wildman–Crippen MR) is 74.9 cm³/mol. The lowest BCUT2D eigenvalue weighted by atomic mass is 10.1. The molecule has 0 spiro atoms. The van der Waals surface area contributed by atoms with E-state index >= 15 is 0 Å². The maximum atomic E-state index is 11.8. The minimum absolute atomic E-state index is 0.0584. The van der Waals surface area contributed by atoms with Crippen LogP contribution in [0.3, 0.4) is 0 Å². The monoisotopic (exact) mass is 280 g/mol. The highest BCUT2D eigenvalue weighted by Crippen LogP contribution is 2.28. The SMILES string of the molecule is COc1ccc(N)cc1OCC(=O)NC1CCOCC1. The first-order chi connectivity index (χ1) is 9.69. The molecule has 1 aromatic rings. The second-order valence-corrected chi connectivity index (χ2v) is 4.65. The van der Waals surface area contributed by atoms with E-state index in [9.17, 15) is 4.79 Å². The van der Waals surface area contributed by atoms with Crippen LogP contribution in [0.2, 0.25) is 0 Å². The zero-order chi connectivity index (χ0) is 14.4. The van der Waals surface area contributed by atoms with Crippen molar-refractivity contribution in [3.63, 3.8) is 0 Å². The van der Waals surface area contributed by atoms with E-state index in [1.807, 2.05) is 0 Å². The molecule has 0 atom stereocenters. The summed E-state index contributed by atoms with van der Waals surface area (Å²) in [4.78, 5) is 11.8. The summed E-state index contributed by atoms with van der Waals surface area (Å²) in [5, 5.41) is 2.93. The third kappa shape index (κ3) is 4.03. The summed E-state index contributed by atoms with van der Waals surface area (Å²) in [7, 11) is 1.54. The zero-order valence-corrected chi connectivity index (χ0v) is 11.6.